The fourth-order valence-electron chi connectivity index (χ4n) is 15.8. The second kappa shape index (κ2) is 27.9. The third-order valence-electron chi connectivity index (χ3n) is 21.1. The molecule has 0 amide bonds. The van der Waals surface area contributed by atoms with Crippen LogP contribution in [0.3, 0.4) is 0 Å². The van der Waals surface area contributed by atoms with Crippen LogP contribution in [-0.4, -0.2) is 117 Å². The minimum Gasteiger partial charge on any atom is -0.390 e. The van der Waals surface area contributed by atoms with Gasteiger partial charge in [-0.05, 0) is 173 Å². The Bertz CT molecular complexity index is 5050. The van der Waals surface area contributed by atoms with Crippen LogP contribution in [0.4, 0.5) is 34.9 Å². The zero-order valence-electron chi connectivity index (χ0n) is 57.4. The normalized spacial score (nSPS) is 26.5. The van der Waals surface area contributed by atoms with Crippen LogP contribution in [0.2, 0.25) is 0 Å². The maximum absolute atomic E-state index is 10.9. The third kappa shape index (κ3) is 13.9. The van der Waals surface area contributed by atoms with E-state index in [1.54, 1.807) is 12.1 Å². The average molecular weight is 1470 g/mol. The first kappa shape index (κ1) is 72.6. The van der Waals surface area contributed by atoms with E-state index in [0.29, 0.717) is 47.0 Å². The van der Waals surface area contributed by atoms with Gasteiger partial charge in [0, 0.05) is 44.6 Å². The molecule has 5 fully saturated rings. The van der Waals surface area contributed by atoms with E-state index in [0.717, 1.165) is 109 Å². The van der Waals surface area contributed by atoms with Crippen molar-refractivity contribution in [1.29, 1.82) is 0 Å². The number of hydrogen-bond donors (Lipinski definition) is 8. The SMILES string of the molecule is C.C=C[C@@]1(C)C[C@@H](n2ccc3c(N)ncnc32)[C@@H]2OC(C)(C)O[C@@H]21.CC1(C)O[C@H]2[C@H](n3ccc4c(N)ncnc43)C[C@](C)(CCc3ccc4ccc(N)nc4c3)[C@H]2O1.C[C@]1(CCc2ccc3ccc(N)nc3c2)C[C@@H](n2ccc3c(N)ncnc32)[C@H](O)[C@@H]1O.Cl.Nc1ccc2ccc(Br)cc2n1. The van der Waals surface area contributed by atoms with Crippen molar-refractivity contribution in [1.82, 2.24) is 58.6 Å². The van der Waals surface area contributed by atoms with E-state index in [4.69, 9.17) is 53.3 Å². The molecule has 9 aromatic heterocycles. The molecule has 24 nitrogen and oxygen atoms in total. The summed E-state index contributed by atoms with van der Waals surface area (Å²) >= 11 is 3.38. The maximum Gasteiger partial charge on any atom is 0.163 e. The third-order valence-corrected chi connectivity index (χ3v) is 21.6. The molecule has 3 aromatic carbocycles. The van der Waals surface area contributed by atoms with Crippen molar-refractivity contribution in [3.05, 3.63) is 175 Å². The predicted molar refractivity (Wildman–Crippen MR) is 408 cm³/mol. The monoisotopic (exact) mass is 1460 g/mol. The van der Waals surface area contributed by atoms with Crippen molar-refractivity contribution >= 4 is 129 Å². The van der Waals surface area contributed by atoms with Crippen LogP contribution in [0.5, 0.6) is 0 Å². The molecule has 5 aliphatic rings. The van der Waals surface area contributed by atoms with Crippen LogP contribution in [0.15, 0.2) is 164 Å². The number of nitrogen functional groups attached to an aromatic ring is 6. The summed E-state index contributed by atoms with van der Waals surface area (Å²) in [5.74, 6) is 1.78. The minimum absolute atomic E-state index is 0. The number of aromatic nitrogens is 12. The number of anilines is 6. The van der Waals surface area contributed by atoms with E-state index >= 15 is 0 Å². The van der Waals surface area contributed by atoms with Gasteiger partial charge in [0.1, 0.15) is 89.1 Å². The van der Waals surface area contributed by atoms with Gasteiger partial charge in [0.25, 0.3) is 0 Å². The smallest absolute Gasteiger partial charge is 0.163 e. The van der Waals surface area contributed by atoms with Crippen LogP contribution < -0.4 is 34.4 Å². The summed E-state index contributed by atoms with van der Waals surface area (Å²) in [5.41, 5.74) is 42.1. The number of fused-ring (bicyclic) bond motifs is 8. The lowest BCUT2D eigenvalue weighted by Gasteiger charge is -2.32. The Balaban J connectivity index is 0.000000134. The molecule has 534 valence electrons. The van der Waals surface area contributed by atoms with E-state index in [-0.39, 0.29) is 73.2 Å². The van der Waals surface area contributed by atoms with Crippen molar-refractivity contribution in [2.24, 2.45) is 16.2 Å². The Hall–Kier alpha value is -9.18. The summed E-state index contributed by atoms with van der Waals surface area (Å²) in [6, 6.07) is 35.7. The highest BCUT2D eigenvalue weighted by Crippen LogP contribution is 2.57. The van der Waals surface area contributed by atoms with Crippen LogP contribution in [0.1, 0.15) is 117 Å². The van der Waals surface area contributed by atoms with Gasteiger partial charge in [-0.15, -0.1) is 19.0 Å². The Labute approximate surface area is 606 Å². The quantitative estimate of drug-likeness (QED) is 0.0590. The lowest BCUT2D eigenvalue weighted by molar-refractivity contribution is -0.168. The fourth-order valence-corrected chi connectivity index (χ4v) is 16.2. The molecular weight excluding hydrogens is 1380 g/mol. The van der Waals surface area contributed by atoms with Gasteiger partial charge in [-0.25, -0.2) is 44.9 Å². The molecule has 2 saturated heterocycles. The molecule has 12 atom stereocenters. The Morgan fingerprint density at radius 3 is 1.33 bits per heavy atom. The van der Waals surface area contributed by atoms with Crippen LogP contribution in [-0.2, 0) is 31.8 Å². The number of aliphatic hydroxyl groups is 2. The molecule has 17 rings (SSSR count). The molecule has 12 aromatic rings. The van der Waals surface area contributed by atoms with E-state index < -0.39 is 29.2 Å². The molecule has 2 aliphatic heterocycles. The molecule has 102 heavy (non-hydrogen) atoms. The number of pyridine rings is 3. The van der Waals surface area contributed by atoms with E-state index in [1.807, 2.05) is 130 Å². The van der Waals surface area contributed by atoms with Crippen LogP contribution >= 0.6 is 28.3 Å². The number of nitrogens with two attached hydrogens (primary N) is 6. The van der Waals surface area contributed by atoms with Gasteiger partial charge < -0.3 is 77.3 Å². The summed E-state index contributed by atoms with van der Waals surface area (Å²) in [7, 11) is 0. The number of nitrogens with zero attached hydrogens (tertiary/aromatic N) is 12. The van der Waals surface area contributed by atoms with Crippen LogP contribution in [0.25, 0.3) is 65.8 Å². The molecule has 3 saturated carbocycles. The number of aryl methyl sites for hydroxylation is 2. The number of halogens is 2. The van der Waals surface area contributed by atoms with E-state index in [1.165, 1.54) is 24.5 Å². The minimum atomic E-state index is -0.894. The lowest BCUT2D eigenvalue weighted by Crippen LogP contribution is -2.35. The Morgan fingerprint density at radius 2 is 0.873 bits per heavy atom. The number of rotatable bonds is 10. The van der Waals surface area contributed by atoms with Gasteiger partial charge in [0.05, 0.1) is 69.1 Å². The second-order valence-electron chi connectivity index (χ2n) is 29.1. The van der Waals surface area contributed by atoms with E-state index in [2.05, 4.69) is 121 Å². The molecule has 3 aliphatic carbocycles. The predicted octanol–water partition coefficient (Wildman–Crippen LogP) is 13.0. The highest BCUT2D eigenvalue weighted by atomic mass is 79.9. The summed E-state index contributed by atoms with van der Waals surface area (Å²) in [4.78, 5) is 38.6. The Kier molecular flexibility index (Phi) is 19.8. The number of hydrogen-bond acceptors (Lipinski definition) is 21. The van der Waals surface area contributed by atoms with Crippen molar-refractivity contribution in [3.8, 4) is 0 Å². The number of ether oxygens (including phenoxy) is 4. The highest BCUT2D eigenvalue weighted by molar-refractivity contribution is 9.10. The van der Waals surface area contributed by atoms with Crippen molar-refractivity contribution in [2.75, 3.05) is 34.4 Å². The number of aliphatic hydroxyl groups excluding tert-OH is 2. The molecule has 26 heteroatoms. The summed E-state index contributed by atoms with van der Waals surface area (Å²) in [6.07, 6.45) is 16.3. The number of benzene rings is 3. The standard InChI is InChI=1S/C26H30N6O2.C23H26N6O2.C17H22N4O2.C9H7BrN2.CH4.ClH/c1-25(2)33-21-19(32-11-9-17-23(28)29-14-30-24(17)32)13-26(3,22(21)34-25)10-8-15-4-5-16-6-7-20(27)31-18(16)12-15;1-23(8-6-13-2-3-14-4-5-18(24)28-16(14)10-13)11-17(19(30)20(23)31)29-9-7-15-21(25)26-12-27-22(15)29;1-5-17(4)8-11(12-13(17)23-16(2,3)22-12)21-7-6-10-14(18)19-9-20-15(10)21;10-7-3-1-6-2-4-9(11)12-8(6)5-7;;/h4-7,9,11-12,14,19,21-22H,8,10,13H2,1-3H3,(H2,27,31)(H2,28,29,30);2-5,7,9-10,12,17,19-20,30-31H,6,8,11H2,1H3,(H2,24,28)(H2,25,26,27);5-7,9,11-13H,1,8H2,2-4H3,(H2,18,19,20);1-5H,(H2,11,12);1H4;1H/t19-,21+,22+,26+;17-,19+,20+,23+;11-,12+,13+,17+;;;/m111.../s1. The average Bonchev–Trinajstić information content (AvgIpc) is 1.58. The Morgan fingerprint density at radius 1 is 0.490 bits per heavy atom. The summed E-state index contributed by atoms with van der Waals surface area (Å²) in [6.45, 7) is 18.5. The van der Waals surface area contributed by atoms with Crippen molar-refractivity contribution in [2.45, 2.75) is 167 Å². The van der Waals surface area contributed by atoms with Gasteiger partial charge in [-0.1, -0.05) is 80.5 Å². The summed E-state index contributed by atoms with van der Waals surface area (Å²) < 4.78 is 32.6. The molecule has 0 unspecified atom stereocenters. The zero-order chi connectivity index (χ0) is 70.4. The first-order chi connectivity index (χ1) is 47.7. The van der Waals surface area contributed by atoms with Gasteiger partial charge >= 0.3 is 0 Å². The largest absolute Gasteiger partial charge is 0.390 e. The fraction of sp³-hybridized carbons (Fsp3) is 0.382. The second-order valence-corrected chi connectivity index (χ2v) is 30.0. The molecule has 0 radical (unpaired) electrons. The molecule has 0 bridgehead atoms. The summed E-state index contributed by atoms with van der Waals surface area (Å²) in [5, 5.41) is 27.6. The van der Waals surface area contributed by atoms with Gasteiger partial charge in [0.15, 0.2) is 11.6 Å². The topological polar surface area (TPSA) is 364 Å². The first-order valence-corrected chi connectivity index (χ1v) is 34.5. The van der Waals surface area contributed by atoms with Crippen LogP contribution in [0, 0.1) is 16.2 Å². The lowest BCUT2D eigenvalue weighted by atomic mass is 9.80. The van der Waals surface area contributed by atoms with Crippen molar-refractivity contribution in [3.63, 3.8) is 0 Å². The van der Waals surface area contributed by atoms with E-state index in [9.17, 15) is 10.2 Å². The van der Waals surface area contributed by atoms with Gasteiger partial charge in [-0.2, -0.15) is 0 Å². The molecule has 0 spiro atoms. The van der Waals surface area contributed by atoms with Crippen molar-refractivity contribution < 1.29 is 29.2 Å². The zero-order valence-corrected chi connectivity index (χ0v) is 59.8. The molecular formula is C76H90BrClN18O6. The maximum atomic E-state index is 10.9. The van der Waals surface area contributed by atoms with Gasteiger partial charge in [0.2, 0.25) is 0 Å². The highest BCUT2D eigenvalue weighted by Gasteiger charge is 2.61. The van der Waals surface area contributed by atoms with Gasteiger partial charge in [-0.3, -0.25) is 0 Å². The first-order valence-electron chi connectivity index (χ1n) is 33.7. The molecule has 14 N–H and O–H groups in total. The molecule has 11 heterocycles.